The number of hydrogen-bond donors (Lipinski definition) is 1. The Morgan fingerprint density at radius 1 is 1.03 bits per heavy atom. The zero-order valence-corrected chi connectivity index (χ0v) is 17.5. The van der Waals surface area contributed by atoms with Gasteiger partial charge in [-0.15, -0.1) is 0 Å². The number of ether oxygens (including phenoxy) is 3. The molecule has 0 unspecified atom stereocenters. The molecule has 0 atom stereocenters. The van der Waals surface area contributed by atoms with Crippen LogP contribution in [0.3, 0.4) is 0 Å². The maximum Gasteiger partial charge on any atom is 0.343 e. The number of methoxy groups -OCH3 is 1. The maximum absolute atomic E-state index is 13.7. The molecule has 3 rings (SSSR count). The van der Waals surface area contributed by atoms with Gasteiger partial charge in [0, 0.05) is 0 Å². The fraction of sp³-hybridized carbons (Fsp3) is 0.125. The molecule has 3 aromatic carbocycles. The molecule has 32 heavy (non-hydrogen) atoms. The molecule has 0 spiro atoms. The Morgan fingerprint density at radius 2 is 1.78 bits per heavy atom. The molecule has 1 N–H and O–H groups in total. The summed E-state index contributed by atoms with van der Waals surface area (Å²) in [4.78, 5) is 24.5. The van der Waals surface area contributed by atoms with Gasteiger partial charge in [-0.2, -0.15) is 5.10 Å². The Kier molecular flexibility index (Phi) is 7.53. The molecule has 0 aliphatic rings. The van der Waals surface area contributed by atoms with Crippen molar-refractivity contribution in [3.63, 3.8) is 0 Å². The zero-order valence-electron chi connectivity index (χ0n) is 17.5. The molecule has 0 heterocycles. The van der Waals surface area contributed by atoms with Crippen molar-refractivity contribution in [3.05, 3.63) is 89.2 Å². The van der Waals surface area contributed by atoms with Gasteiger partial charge in [0.1, 0.15) is 11.6 Å². The van der Waals surface area contributed by atoms with Crippen molar-refractivity contribution in [3.8, 4) is 17.2 Å². The number of carbonyl (C=O) groups excluding carboxylic acids is 2. The summed E-state index contributed by atoms with van der Waals surface area (Å²) in [6.45, 7) is 2.14. The number of nitrogens with one attached hydrogen (secondary N) is 1. The number of benzene rings is 3. The average Bonchev–Trinajstić information content (AvgIpc) is 2.81. The molecule has 0 aliphatic carbocycles. The molecule has 0 aliphatic heterocycles. The predicted molar refractivity (Wildman–Crippen MR) is 117 cm³/mol. The number of esters is 1. The molecule has 1 amide bonds. The summed E-state index contributed by atoms with van der Waals surface area (Å²) in [7, 11) is 1.54. The third-order valence-electron chi connectivity index (χ3n) is 4.29. The summed E-state index contributed by atoms with van der Waals surface area (Å²) in [6, 6.07) is 16.9. The van der Waals surface area contributed by atoms with E-state index in [0.29, 0.717) is 29.2 Å². The molecule has 7 nitrogen and oxygen atoms in total. The molecule has 3 aromatic rings. The van der Waals surface area contributed by atoms with E-state index in [2.05, 4.69) is 10.5 Å². The monoisotopic (exact) mass is 436 g/mol. The Labute approximate surface area is 184 Å². The topological polar surface area (TPSA) is 86.2 Å². The average molecular weight is 436 g/mol. The summed E-state index contributed by atoms with van der Waals surface area (Å²) in [6.07, 6.45) is 1.37. The highest BCUT2D eigenvalue weighted by Gasteiger charge is 2.14. The van der Waals surface area contributed by atoms with Gasteiger partial charge in [0.05, 0.1) is 31.1 Å². The van der Waals surface area contributed by atoms with Crippen LogP contribution in [-0.4, -0.2) is 31.8 Å². The quantitative estimate of drug-likeness (QED) is 0.247. The number of amides is 1. The summed E-state index contributed by atoms with van der Waals surface area (Å²) in [5.41, 5.74) is 3.09. The van der Waals surface area contributed by atoms with Crippen LogP contribution in [0, 0.1) is 5.82 Å². The largest absolute Gasteiger partial charge is 0.497 e. The molecule has 0 fully saturated rings. The van der Waals surface area contributed by atoms with Gasteiger partial charge in [0.25, 0.3) is 5.91 Å². The second-order valence-corrected chi connectivity index (χ2v) is 6.44. The number of carbonyl (C=O) groups is 2. The van der Waals surface area contributed by atoms with Gasteiger partial charge in [-0.1, -0.05) is 12.1 Å². The van der Waals surface area contributed by atoms with Crippen molar-refractivity contribution in [2.45, 2.75) is 6.92 Å². The molecule has 0 saturated carbocycles. The minimum Gasteiger partial charge on any atom is -0.497 e. The van der Waals surface area contributed by atoms with Gasteiger partial charge < -0.3 is 14.2 Å². The van der Waals surface area contributed by atoms with E-state index >= 15 is 0 Å². The first-order valence-corrected chi connectivity index (χ1v) is 9.72. The van der Waals surface area contributed by atoms with E-state index in [9.17, 15) is 14.0 Å². The molecule has 0 radical (unpaired) electrons. The van der Waals surface area contributed by atoms with Crippen LogP contribution in [0.1, 0.15) is 33.2 Å². The Hall–Kier alpha value is -4.20. The fourth-order valence-corrected chi connectivity index (χ4v) is 2.71. The number of nitrogens with zero attached hydrogens (tertiary/aromatic N) is 1. The molecule has 0 saturated heterocycles. The summed E-state index contributed by atoms with van der Waals surface area (Å²) in [5, 5.41) is 3.85. The number of hydrazone groups is 1. The van der Waals surface area contributed by atoms with Crippen molar-refractivity contribution in [1.29, 1.82) is 0 Å². The van der Waals surface area contributed by atoms with Crippen LogP contribution in [0.25, 0.3) is 0 Å². The predicted octanol–water partition coefficient (Wildman–Crippen LogP) is 4.22. The number of hydrogen-bond acceptors (Lipinski definition) is 6. The SMILES string of the molecule is CCOc1cc(/C=N\NC(=O)c2ccccc2F)ccc1OC(=O)c1ccc(OC)cc1. The van der Waals surface area contributed by atoms with E-state index in [0.717, 1.165) is 0 Å². The van der Waals surface area contributed by atoms with Crippen LogP contribution in [0.4, 0.5) is 4.39 Å². The Bertz CT molecular complexity index is 1130. The molecular formula is C24H21FN2O5. The first-order chi connectivity index (χ1) is 15.5. The lowest BCUT2D eigenvalue weighted by Gasteiger charge is -2.11. The first-order valence-electron chi connectivity index (χ1n) is 9.72. The lowest BCUT2D eigenvalue weighted by molar-refractivity contribution is 0.0728. The highest BCUT2D eigenvalue weighted by Crippen LogP contribution is 2.29. The van der Waals surface area contributed by atoms with Crippen LogP contribution in [0.15, 0.2) is 71.8 Å². The molecular weight excluding hydrogens is 415 g/mol. The second kappa shape index (κ2) is 10.7. The van der Waals surface area contributed by atoms with Gasteiger partial charge in [0.15, 0.2) is 11.5 Å². The van der Waals surface area contributed by atoms with E-state index in [-0.39, 0.29) is 11.3 Å². The summed E-state index contributed by atoms with van der Waals surface area (Å²) in [5.74, 6) is -0.662. The lowest BCUT2D eigenvalue weighted by atomic mass is 10.2. The van der Waals surface area contributed by atoms with E-state index < -0.39 is 17.7 Å². The first kappa shape index (κ1) is 22.5. The van der Waals surface area contributed by atoms with E-state index in [1.807, 2.05) is 0 Å². The van der Waals surface area contributed by atoms with Crippen molar-refractivity contribution < 1.29 is 28.2 Å². The van der Waals surface area contributed by atoms with Crippen molar-refractivity contribution >= 4 is 18.1 Å². The van der Waals surface area contributed by atoms with Crippen LogP contribution < -0.4 is 19.6 Å². The van der Waals surface area contributed by atoms with Crippen molar-refractivity contribution in [1.82, 2.24) is 5.43 Å². The smallest absolute Gasteiger partial charge is 0.343 e. The van der Waals surface area contributed by atoms with Crippen LogP contribution >= 0.6 is 0 Å². The van der Waals surface area contributed by atoms with Gasteiger partial charge in [0.2, 0.25) is 0 Å². The second-order valence-electron chi connectivity index (χ2n) is 6.44. The normalized spacial score (nSPS) is 10.6. The van der Waals surface area contributed by atoms with Gasteiger partial charge in [-0.25, -0.2) is 14.6 Å². The molecule has 8 heteroatoms. The standard InChI is InChI=1S/C24H21FN2O5/c1-3-31-22-14-16(15-26-27-23(28)19-6-4-5-7-20(19)25)8-13-21(22)32-24(29)17-9-11-18(30-2)12-10-17/h4-15H,3H2,1-2H3,(H,27,28)/b26-15-. The maximum atomic E-state index is 13.7. The third kappa shape index (κ3) is 5.69. The summed E-state index contributed by atoms with van der Waals surface area (Å²) < 4.78 is 29.8. The summed E-state index contributed by atoms with van der Waals surface area (Å²) >= 11 is 0. The van der Waals surface area contributed by atoms with Gasteiger partial charge in [-0.3, -0.25) is 4.79 Å². The van der Waals surface area contributed by atoms with Crippen LogP contribution in [0.5, 0.6) is 17.2 Å². The Balaban J connectivity index is 1.70. The Morgan fingerprint density at radius 3 is 2.47 bits per heavy atom. The third-order valence-corrected chi connectivity index (χ3v) is 4.29. The van der Waals surface area contributed by atoms with E-state index in [4.69, 9.17) is 14.2 Å². The van der Waals surface area contributed by atoms with Crippen molar-refractivity contribution in [2.75, 3.05) is 13.7 Å². The van der Waals surface area contributed by atoms with E-state index in [1.165, 1.54) is 31.5 Å². The van der Waals surface area contributed by atoms with Gasteiger partial charge >= 0.3 is 5.97 Å². The zero-order chi connectivity index (χ0) is 22.9. The highest BCUT2D eigenvalue weighted by atomic mass is 19.1. The minimum atomic E-state index is -0.672. The molecule has 0 bridgehead atoms. The fourth-order valence-electron chi connectivity index (χ4n) is 2.71. The van der Waals surface area contributed by atoms with Crippen LogP contribution in [-0.2, 0) is 0 Å². The highest BCUT2D eigenvalue weighted by molar-refractivity contribution is 5.95. The number of rotatable bonds is 8. The van der Waals surface area contributed by atoms with Gasteiger partial charge in [-0.05, 0) is 67.1 Å². The van der Waals surface area contributed by atoms with E-state index in [1.54, 1.807) is 55.5 Å². The van der Waals surface area contributed by atoms with Crippen molar-refractivity contribution in [2.24, 2.45) is 5.10 Å². The number of halogens is 1. The minimum absolute atomic E-state index is 0.111. The molecule has 0 aromatic heterocycles. The lowest BCUT2D eigenvalue weighted by Crippen LogP contribution is -2.18. The molecule has 164 valence electrons. The van der Waals surface area contributed by atoms with Crippen LogP contribution in [0.2, 0.25) is 0 Å².